The number of Topliss-reactive ketones (excluding diaryl/α,β-unsaturated/α-hetero) is 1. The number of rotatable bonds is 7. The molecule has 0 saturated heterocycles. The van der Waals surface area contributed by atoms with Crippen molar-refractivity contribution in [3.8, 4) is 5.75 Å². The Morgan fingerprint density at radius 2 is 1.88 bits per heavy atom. The summed E-state index contributed by atoms with van der Waals surface area (Å²) in [5.74, 6) is 0.227. The van der Waals surface area contributed by atoms with Gasteiger partial charge in [-0.05, 0) is 36.2 Å². The molecule has 1 amide bonds. The standard InChI is InChI=1S/C19H20BrNO3/c1-3-13-6-4-5-7-16(13)21-19(23)11-9-17(22)15-12-14(20)8-10-18(15)24-2/h4-8,10,12H,3,9,11H2,1-2H3,(H,21,23). The largest absolute Gasteiger partial charge is 0.496 e. The third-order valence-corrected chi connectivity index (χ3v) is 4.21. The predicted octanol–water partition coefficient (Wildman–Crippen LogP) is 4.62. The predicted molar refractivity (Wildman–Crippen MR) is 98.7 cm³/mol. The minimum Gasteiger partial charge on any atom is -0.496 e. The summed E-state index contributed by atoms with van der Waals surface area (Å²) in [7, 11) is 1.52. The average molecular weight is 390 g/mol. The van der Waals surface area contributed by atoms with Gasteiger partial charge in [0.05, 0.1) is 12.7 Å². The fourth-order valence-electron chi connectivity index (χ4n) is 2.42. The van der Waals surface area contributed by atoms with Crippen LogP contribution in [0.25, 0.3) is 0 Å². The van der Waals surface area contributed by atoms with Crippen molar-refractivity contribution in [1.29, 1.82) is 0 Å². The number of hydrogen-bond donors (Lipinski definition) is 1. The maximum Gasteiger partial charge on any atom is 0.224 e. The highest BCUT2D eigenvalue weighted by atomic mass is 79.9. The van der Waals surface area contributed by atoms with Gasteiger partial charge in [0.15, 0.2) is 5.78 Å². The monoisotopic (exact) mass is 389 g/mol. The summed E-state index contributed by atoms with van der Waals surface area (Å²) in [5, 5.41) is 2.88. The Bertz CT molecular complexity index is 743. The molecule has 2 aromatic carbocycles. The van der Waals surface area contributed by atoms with Gasteiger partial charge in [-0.25, -0.2) is 0 Å². The number of ether oxygens (including phenoxy) is 1. The second kappa shape index (κ2) is 8.64. The van der Waals surface area contributed by atoms with Crippen LogP contribution in [0.5, 0.6) is 5.75 Å². The molecule has 2 rings (SSSR count). The van der Waals surface area contributed by atoms with E-state index in [1.54, 1.807) is 12.1 Å². The third-order valence-electron chi connectivity index (χ3n) is 3.71. The summed E-state index contributed by atoms with van der Waals surface area (Å²) in [6, 6.07) is 12.9. The van der Waals surface area contributed by atoms with Crippen molar-refractivity contribution in [1.82, 2.24) is 0 Å². The molecule has 1 N–H and O–H groups in total. The van der Waals surface area contributed by atoms with Crippen LogP contribution in [0.3, 0.4) is 0 Å². The Kier molecular flexibility index (Phi) is 6.55. The Morgan fingerprint density at radius 1 is 1.12 bits per heavy atom. The second-order valence-electron chi connectivity index (χ2n) is 5.33. The number of para-hydroxylation sites is 1. The summed E-state index contributed by atoms with van der Waals surface area (Å²) in [6.45, 7) is 2.04. The smallest absolute Gasteiger partial charge is 0.224 e. The van der Waals surface area contributed by atoms with Crippen molar-refractivity contribution >= 4 is 33.3 Å². The molecule has 0 atom stereocenters. The third kappa shape index (κ3) is 4.68. The molecule has 0 saturated carbocycles. The average Bonchev–Trinajstić information content (AvgIpc) is 2.60. The maximum atomic E-state index is 12.4. The summed E-state index contributed by atoms with van der Waals surface area (Å²) < 4.78 is 6.01. The first-order valence-electron chi connectivity index (χ1n) is 7.79. The minimum absolute atomic E-state index is 0.118. The zero-order valence-electron chi connectivity index (χ0n) is 13.8. The van der Waals surface area contributed by atoms with E-state index in [9.17, 15) is 9.59 Å². The topological polar surface area (TPSA) is 55.4 Å². The van der Waals surface area contributed by atoms with E-state index in [2.05, 4.69) is 21.2 Å². The van der Waals surface area contributed by atoms with Gasteiger partial charge >= 0.3 is 0 Å². The van der Waals surface area contributed by atoms with Gasteiger partial charge in [0.1, 0.15) is 5.75 Å². The van der Waals surface area contributed by atoms with Crippen LogP contribution in [0.15, 0.2) is 46.9 Å². The number of benzene rings is 2. The van der Waals surface area contributed by atoms with Crippen LogP contribution in [0.1, 0.15) is 35.7 Å². The molecule has 5 heteroatoms. The number of carbonyl (C=O) groups excluding carboxylic acids is 2. The molecule has 0 bridgehead atoms. The van der Waals surface area contributed by atoms with Crippen molar-refractivity contribution in [2.45, 2.75) is 26.2 Å². The number of ketones is 1. The summed E-state index contributed by atoms with van der Waals surface area (Å²) in [6.07, 6.45) is 1.10. The molecule has 0 radical (unpaired) electrons. The lowest BCUT2D eigenvalue weighted by Gasteiger charge is -2.10. The quantitative estimate of drug-likeness (QED) is 0.702. The first-order chi connectivity index (χ1) is 11.5. The fourth-order valence-corrected chi connectivity index (χ4v) is 2.78. The number of hydrogen-bond acceptors (Lipinski definition) is 3. The molecule has 0 fully saturated rings. The lowest BCUT2D eigenvalue weighted by molar-refractivity contribution is -0.116. The van der Waals surface area contributed by atoms with E-state index in [-0.39, 0.29) is 24.5 Å². The van der Waals surface area contributed by atoms with Gasteiger partial charge in [0, 0.05) is 23.0 Å². The fraction of sp³-hybridized carbons (Fsp3) is 0.263. The van der Waals surface area contributed by atoms with Gasteiger partial charge in [0.2, 0.25) is 5.91 Å². The van der Waals surface area contributed by atoms with E-state index in [1.165, 1.54) is 7.11 Å². The number of aryl methyl sites for hydroxylation is 1. The normalized spacial score (nSPS) is 10.3. The second-order valence-corrected chi connectivity index (χ2v) is 6.24. The number of anilines is 1. The van der Waals surface area contributed by atoms with Crippen LogP contribution in [0, 0.1) is 0 Å². The van der Waals surface area contributed by atoms with Crippen LogP contribution in [0.4, 0.5) is 5.69 Å². The van der Waals surface area contributed by atoms with Crippen molar-refractivity contribution in [3.05, 3.63) is 58.1 Å². The van der Waals surface area contributed by atoms with Crippen molar-refractivity contribution < 1.29 is 14.3 Å². The first-order valence-corrected chi connectivity index (χ1v) is 8.59. The highest BCUT2D eigenvalue weighted by Crippen LogP contribution is 2.24. The van der Waals surface area contributed by atoms with Crippen molar-refractivity contribution in [2.75, 3.05) is 12.4 Å². The lowest BCUT2D eigenvalue weighted by atomic mass is 10.0. The highest BCUT2D eigenvalue weighted by molar-refractivity contribution is 9.10. The van der Waals surface area contributed by atoms with E-state index < -0.39 is 0 Å². The number of methoxy groups -OCH3 is 1. The van der Waals surface area contributed by atoms with Crippen LogP contribution >= 0.6 is 15.9 Å². The summed E-state index contributed by atoms with van der Waals surface area (Å²) >= 11 is 3.35. The van der Waals surface area contributed by atoms with E-state index in [0.717, 1.165) is 22.1 Å². The number of halogens is 1. The highest BCUT2D eigenvalue weighted by Gasteiger charge is 2.15. The molecular formula is C19H20BrNO3. The van der Waals surface area contributed by atoms with Gasteiger partial charge in [-0.15, -0.1) is 0 Å². The zero-order chi connectivity index (χ0) is 17.5. The van der Waals surface area contributed by atoms with Gasteiger partial charge in [-0.1, -0.05) is 41.1 Å². The molecule has 0 aliphatic rings. The first kappa shape index (κ1) is 18.2. The maximum absolute atomic E-state index is 12.4. The SMILES string of the molecule is CCc1ccccc1NC(=O)CCC(=O)c1cc(Br)ccc1OC. The van der Waals surface area contributed by atoms with Crippen LogP contribution in [-0.4, -0.2) is 18.8 Å². The lowest BCUT2D eigenvalue weighted by Crippen LogP contribution is -2.15. The Hall–Kier alpha value is -2.14. The van der Waals surface area contributed by atoms with Crippen LogP contribution in [-0.2, 0) is 11.2 Å². The van der Waals surface area contributed by atoms with Gasteiger partial charge in [0.25, 0.3) is 0 Å². The van der Waals surface area contributed by atoms with E-state index in [4.69, 9.17) is 4.74 Å². The number of carbonyl (C=O) groups is 2. The molecule has 126 valence electrons. The molecular weight excluding hydrogens is 370 g/mol. The van der Waals surface area contributed by atoms with Gasteiger partial charge in [-0.2, -0.15) is 0 Å². The summed E-state index contributed by atoms with van der Waals surface area (Å²) in [5.41, 5.74) is 2.36. The number of amides is 1. The Balaban J connectivity index is 1.99. The molecule has 24 heavy (non-hydrogen) atoms. The molecule has 0 unspecified atom stereocenters. The van der Waals surface area contributed by atoms with Crippen molar-refractivity contribution in [2.24, 2.45) is 0 Å². The molecule has 2 aromatic rings. The Morgan fingerprint density at radius 3 is 2.58 bits per heavy atom. The zero-order valence-corrected chi connectivity index (χ0v) is 15.4. The van der Waals surface area contributed by atoms with Crippen molar-refractivity contribution in [3.63, 3.8) is 0 Å². The summed E-state index contributed by atoms with van der Waals surface area (Å²) in [4.78, 5) is 24.5. The molecule has 0 aromatic heterocycles. The van der Waals surface area contributed by atoms with E-state index in [0.29, 0.717) is 11.3 Å². The molecule has 0 heterocycles. The van der Waals surface area contributed by atoms with E-state index >= 15 is 0 Å². The van der Waals surface area contributed by atoms with Gasteiger partial charge < -0.3 is 10.1 Å². The molecule has 0 aliphatic carbocycles. The molecule has 0 spiro atoms. The van der Waals surface area contributed by atoms with E-state index in [1.807, 2.05) is 37.3 Å². The van der Waals surface area contributed by atoms with Crippen LogP contribution < -0.4 is 10.1 Å². The van der Waals surface area contributed by atoms with Crippen LogP contribution in [0.2, 0.25) is 0 Å². The molecule has 4 nitrogen and oxygen atoms in total. The Labute approximate surface area is 150 Å². The minimum atomic E-state index is -0.168. The molecule has 0 aliphatic heterocycles. The van der Waals surface area contributed by atoms with Gasteiger partial charge in [-0.3, -0.25) is 9.59 Å². The number of nitrogens with one attached hydrogen (secondary N) is 1.